The van der Waals surface area contributed by atoms with Gasteiger partial charge in [-0.3, -0.25) is 14.4 Å². The summed E-state index contributed by atoms with van der Waals surface area (Å²) in [7, 11) is 0. The standard InChI is InChI=1S/C14H17FN2O4/c15-11-5-3-10(4-6-11)14(21)17-9-7-12(18)16-8-1-2-13(19)20/h3-6H,1-2,7-9H2,(H,16,18)(H,17,21)(H,19,20). The molecule has 0 fully saturated rings. The van der Waals surface area contributed by atoms with Crippen molar-refractivity contribution in [2.45, 2.75) is 19.3 Å². The Morgan fingerprint density at radius 3 is 2.29 bits per heavy atom. The van der Waals surface area contributed by atoms with Crippen LogP contribution in [0, 0.1) is 5.82 Å². The molecule has 0 aromatic heterocycles. The summed E-state index contributed by atoms with van der Waals surface area (Å²) in [5, 5.41) is 13.5. The molecule has 1 aromatic rings. The molecule has 0 spiro atoms. The Morgan fingerprint density at radius 2 is 1.67 bits per heavy atom. The molecule has 0 aliphatic heterocycles. The zero-order valence-electron chi connectivity index (χ0n) is 11.4. The predicted octanol–water partition coefficient (Wildman–Crippen LogP) is 0.927. The molecule has 7 heteroatoms. The summed E-state index contributed by atoms with van der Waals surface area (Å²) in [6, 6.07) is 5.08. The quantitative estimate of drug-likeness (QED) is 0.622. The molecule has 1 rings (SSSR count). The van der Waals surface area contributed by atoms with Crippen LogP contribution < -0.4 is 10.6 Å². The molecule has 0 aliphatic rings. The van der Waals surface area contributed by atoms with Gasteiger partial charge in [-0.2, -0.15) is 0 Å². The molecule has 3 N–H and O–H groups in total. The number of aliphatic carboxylic acids is 1. The summed E-state index contributed by atoms with van der Waals surface area (Å²) in [6.07, 6.45) is 0.463. The monoisotopic (exact) mass is 296 g/mol. The normalized spacial score (nSPS) is 9.95. The van der Waals surface area contributed by atoms with Crippen molar-refractivity contribution < 1.29 is 23.9 Å². The number of rotatable bonds is 8. The Bertz CT molecular complexity index is 502. The number of amides is 2. The van der Waals surface area contributed by atoms with Crippen LogP contribution in [-0.4, -0.2) is 36.0 Å². The maximum absolute atomic E-state index is 12.7. The number of hydrogen-bond acceptors (Lipinski definition) is 3. The first-order chi connectivity index (χ1) is 9.99. The molecule has 0 unspecified atom stereocenters. The van der Waals surface area contributed by atoms with Gasteiger partial charge in [0.1, 0.15) is 5.82 Å². The van der Waals surface area contributed by atoms with E-state index >= 15 is 0 Å². The lowest BCUT2D eigenvalue weighted by atomic mass is 10.2. The molecule has 21 heavy (non-hydrogen) atoms. The number of carbonyl (C=O) groups excluding carboxylic acids is 2. The van der Waals surface area contributed by atoms with Crippen molar-refractivity contribution >= 4 is 17.8 Å². The minimum Gasteiger partial charge on any atom is -0.481 e. The van der Waals surface area contributed by atoms with E-state index in [1.807, 2.05) is 0 Å². The van der Waals surface area contributed by atoms with E-state index in [1.54, 1.807) is 0 Å². The van der Waals surface area contributed by atoms with Gasteiger partial charge in [-0.15, -0.1) is 0 Å². The van der Waals surface area contributed by atoms with Crippen LogP contribution in [-0.2, 0) is 9.59 Å². The fourth-order valence-electron chi connectivity index (χ4n) is 1.55. The number of carbonyl (C=O) groups is 3. The van der Waals surface area contributed by atoms with Gasteiger partial charge in [0.15, 0.2) is 0 Å². The molecule has 6 nitrogen and oxygen atoms in total. The molecule has 0 saturated heterocycles. The lowest BCUT2D eigenvalue weighted by molar-refractivity contribution is -0.137. The van der Waals surface area contributed by atoms with E-state index in [2.05, 4.69) is 10.6 Å². The van der Waals surface area contributed by atoms with E-state index in [0.717, 1.165) is 0 Å². The average molecular weight is 296 g/mol. The molecule has 0 radical (unpaired) electrons. The molecular formula is C14H17FN2O4. The predicted molar refractivity (Wildman–Crippen MR) is 73.2 cm³/mol. The minimum absolute atomic E-state index is 0.00157. The molecule has 2 amide bonds. The Labute approximate surface area is 121 Å². The summed E-state index contributed by atoms with van der Waals surface area (Å²) in [4.78, 5) is 33.3. The molecule has 0 heterocycles. The number of halogens is 1. The third-order valence-corrected chi connectivity index (χ3v) is 2.63. The highest BCUT2D eigenvalue weighted by molar-refractivity contribution is 5.94. The summed E-state index contributed by atoms with van der Waals surface area (Å²) >= 11 is 0. The van der Waals surface area contributed by atoms with Crippen LogP contribution in [0.15, 0.2) is 24.3 Å². The lowest BCUT2D eigenvalue weighted by Crippen LogP contribution is -2.31. The third-order valence-electron chi connectivity index (χ3n) is 2.63. The van der Waals surface area contributed by atoms with Gasteiger partial charge in [0.2, 0.25) is 5.91 Å². The molecule has 114 valence electrons. The van der Waals surface area contributed by atoms with E-state index in [1.165, 1.54) is 24.3 Å². The van der Waals surface area contributed by atoms with Crippen molar-refractivity contribution in [1.82, 2.24) is 10.6 Å². The van der Waals surface area contributed by atoms with E-state index in [4.69, 9.17) is 5.11 Å². The smallest absolute Gasteiger partial charge is 0.303 e. The SMILES string of the molecule is O=C(O)CCCNC(=O)CCNC(=O)c1ccc(F)cc1. The Kier molecular flexibility index (Phi) is 6.86. The number of carboxylic acids is 1. The fraction of sp³-hybridized carbons (Fsp3) is 0.357. The zero-order valence-corrected chi connectivity index (χ0v) is 11.4. The highest BCUT2D eigenvalue weighted by atomic mass is 19.1. The Hall–Kier alpha value is -2.44. The van der Waals surface area contributed by atoms with Crippen LogP contribution in [0.2, 0.25) is 0 Å². The number of nitrogens with one attached hydrogen (secondary N) is 2. The van der Waals surface area contributed by atoms with Crippen LogP contribution in [0.25, 0.3) is 0 Å². The molecule has 1 aromatic carbocycles. The van der Waals surface area contributed by atoms with Crippen molar-refractivity contribution in [2.75, 3.05) is 13.1 Å². The van der Waals surface area contributed by atoms with Gasteiger partial charge >= 0.3 is 5.97 Å². The maximum atomic E-state index is 12.7. The highest BCUT2D eigenvalue weighted by Crippen LogP contribution is 2.02. The second kappa shape index (κ2) is 8.68. The van der Waals surface area contributed by atoms with Crippen LogP contribution >= 0.6 is 0 Å². The van der Waals surface area contributed by atoms with Crippen molar-refractivity contribution in [3.8, 4) is 0 Å². The molecule has 0 aliphatic carbocycles. The molecule has 0 bridgehead atoms. The van der Waals surface area contributed by atoms with Gasteiger partial charge in [0.25, 0.3) is 5.91 Å². The van der Waals surface area contributed by atoms with Gasteiger partial charge < -0.3 is 15.7 Å². The van der Waals surface area contributed by atoms with Crippen LogP contribution in [0.3, 0.4) is 0 Å². The van der Waals surface area contributed by atoms with Crippen LogP contribution in [0.1, 0.15) is 29.6 Å². The number of carboxylic acid groups (broad SMARTS) is 1. The van der Waals surface area contributed by atoms with Crippen molar-refractivity contribution in [3.05, 3.63) is 35.6 Å². The molecule has 0 atom stereocenters. The topological polar surface area (TPSA) is 95.5 Å². The first-order valence-electron chi connectivity index (χ1n) is 6.51. The number of benzene rings is 1. The third kappa shape index (κ3) is 7.05. The Morgan fingerprint density at radius 1 is 1.00 bits per heavy atom. The van der Waals surface area contributed by atoms with Crippen molar-refractivity contribution in [2.24, 2.45) is 0 Å². The van der Waals surface area contributed by atoms with Crippen molar-refractivity contribution in [3.63, 3.8) is 0 Å². The van der Waals surface area contributed by atoms with E-state index in [9.17, 15) is 18.8 Å². The van der Waals surface area contributed by atoms with E-state index < -0.39 is 11.8 Å². The van der Waals surface area contributed by atoms with E-state index in [0.29, 0.717) is 12.0 Å². The van der Waals surface area contributed by atoms with Gasteiger partial charge in [0, 0.05) is 31.5 Å². The van der Waals surface area contributed by atoms with Gasteiger partial charge in [-0.25, -0.2) is 4.39 Å². The largest absolute Gasteiger partial charge is 0.481 e. The molecular weight excluding hydrogens is 279 g/mol. The zero-order chi connectivity index (χ0) is 15.7. The van der Waals surface area contributed by atoms with Crippen LogP contribution in [0.5, 0.6) is 0 Å². The highest BCUT2D eigenvalue weighted by Gasteiger charge is 2.06. The second-order valence-electron chi connectivity index (χ2n) is 4.36. The summed E-state index contributed by atoms with van der Waals surface area (Å²) in [5.74, 6) is -1.98. The second-order valence-corrected chi connectivity index (χ2v) is 4.36. The first kappa shape index (κ1) is 16.6. The van der Waals surface area contributed by atoms with E-state index in [-0.39, 0.29) is 37.7 Å². The molecule has 0 saturated carbocycles. The average Bonchev–Trinajstić information content (AvgIpc) is 2.44. The van der Waals surface area contributed by atoms with Crippen LogP contribution in [0.4, 0.5) is 4.39 Å². The minimum atomic E-state index is -0.907. The summed E-state index contributed by atoms with van der Waals surface area (Å²) in [5.41, 5.74) is 0.318. The summed E-state index contributed by atoms with van der Waals surface area (Å²) in [6.45, 7) is 0.442. The summed E-state index contributed by atoms with van der Waals surface area (Å²) < 4.78 is 12.7. The van der Waals surface area contributed by atoms with Crippen molar-refractivity contribution in [1.29, 1.82) is 0 Å². The Balaban J connectivity index is 2.17. The first-order valence-corrected chi connectivity index (χ1v) is 6.51. The van der Waals surface area contributed by atoms with Gasteiger partial charge in [-0.05, 0) is 30.7 Å². The van der Waals surface area contributed by atoms with Gasteiger partial charge in [0.05, 0.1) is 0 Å². The lowest BCUT2D eigenvalue weighted by Gasteiger charge is -2.06. The van der Waals surface area contributed by atoms with Gasteiger partial charge in [-0.1, -0.05) is 0 Å². The maximum Gasteiger partial charge on any atom is 0.303 e. The number of hydrogen-bond donors (Lipinski definition) is 3. The fourth-order valence-corrected chi connectivity index (χ4v) is 1.55.